The summed E-state index contributed by atoms with van der Waals surface area (Å²) < 4.78 is 0. The molecule has 0 aliphatic carbocycles. The number of aryl methyl sites for hydroxylation is 2. The van der Waals surface area contributed by atoms with Crippen LogP contribution in [0.15, 0.2) is 107 Å². The molecule has 0 amide bonds. The smallest absolute Gasteiger partial charge is 0.251 e. The molecule has 2 aromatic rings. The second kappa shape index (κ2) is 78.0. The first-order valence-electron chi connectivity index (χ1n) is 46.4. The van der Waals surface area contributed by atoms with Crippen LogP contribution in [0, 0.1) is 0 Å². The van der Waals surface area contributed by atoms with E-state index in [4.69, 9.17) is 9.98 Å². The van der Waals surface area contributed by atoms with Gasteiger partial charge >= 0.3 is 20.4 Å². The van der Waals surface area contributed by atoms with Gasteiger partial charge in [0, 0.05) is 0 Å². The minimum Gasteiger partial charge on any atom is -0.251 e. The average Bonchev–Trinajstić information content (AvgIpc) is 0.807. The maximum absolute atomic E-state index is 6.24. The van der Waals surface area contributed by atoms with Gasteiger partial charge < -0.3 is 0 Å². The van der Waals surface area contributed by atoms with Crippen molar-refractivity contribution in [3.8, 4) is 0 Å². The third-order valence-corrected chi connectivity index (χ3v) is 21.8. The fourth-order valence-corrected chi connectivity index (χ4v) is 15.1. The Balaban J connectivity index is 0.0000541. The molecule has 0 unspecified atom stereocenters. The van der Waals surface area contributed by atoms with Crippen molar-refractivity contribution in [3.63, 3.8) is 0 Å². The van der Waals surface area contributed by atoms with Gasteiger partial charge in [-0.1, -0.05) is 352 Å². The molecule has 0 atom stereocenters. The Kier molecular flexibility index (Phi) is 74.2. The van der Waals surface area contributed by atoms with Crippen molar-refractivity contribution in [1.29, 1.82) is 0 Å². The standard InChI is InChI=1S/C101H174N2.Pd/c1-9-17-25-33-40-47-48-49-50-51-52-53-54-55-56-57-64-71-79-87-101(103-99-91-89-93(81-73-66-59-42-35-27-19-11-3)95(83-75-68-61-44-37-29-21-13-5)97(99)85-77-70-63-46-39-31-23-15-7)100(86-78-32-24-16-8)102-98-90-88-92(80-72-65-58-41-34-26-18-10-2)94(82-74-67-60-43-36-28-20-12-4)96(98)84-76-69-62-45-38-30-22-14-6;/h41-46,58-63,88-91H,9-40,47-57,64-87H2,1-8H3;/q;+2/b58-41+,59-42+,60-43+,61-44+,62-45+,63-46+,102-100+,103-101+;. The molecular formula is C101H174N2Pd+2. The van der Waals surface area contributed by atoms with E-state index >= 15 is 0 Å². The van der Waals surface area contributed by atoms with Crippen molar-refractivity contribution in [1.82, 2.24) is 0 Å². The molecule has 0 bridgehead atoms. The molecule has 0 saturated carbocycles. The number of rotatable bonds is 76. The van der Waals surface area contributed by atoms with Crippen LogP contribution in [-0.2, 0) is 58.9 Å². The third kappa shape index (κ3) is 56.2. The predicted octanol–water partition coefficient (Wildman–Crippen LogP) is 35.1. The van der Waals surface area contributed by atoms with Crippen molar-refractivity contribution in [2.24, 2.45) is 9.98 Å². The Morgan fingerprint density at radius 3 is 0.625 bits per heavy atom. The zero-order valence-corrected chi connectivity index (χ0v) is 72.4. The minimum atomic E-state index is 0. The maximum Gasteiger partial charge on any atom is 2.00 e. The molecule has 3 heteroatoms. The summed E-state index contributed by atoms with van der Waals surface area (Å²) in [6.45, 7) is 18.7. The second-order valence-electron chi connectivity index (χ2n) is 31.6. The van der Waals surface area contributed by atoms with E-state index in [9.17, 15) is 0 Å². The topological polar surface area (TPSA) is 24.7 Å². The fraction of sp³-hybridized carbons (Fsp3) is 0.743. The van der Waals surface area contributed by atoms with Crippen molar-refractivity contribution >= 4 is 22.8 Å². The minimum absolute atomic E-state index is 0. The molecule has 0 radical (unpaired) electrons. The van der Waals surface area contributed by atoms with Gasteiger partial charge in [0.2, 0.25) is 0 Å². The third-order valence-electron chi connectivity index (χ3n) is 21.8. The first kappa shape index (κ1) is 98.9. The van der Waals surface area contributed by atoms with E-state index in [1.807, 2.05) is 0 Å². The monoisotopic (exact) mass is 1520 g/mol. The van der Waals surface area contributed by atoms with Gasteiger partial charge in [0.1, 0.15) is 0 Å². The normalized spacial score (nSPS) is 12.5. The number of hydrogen-bond donors (Lipinski definition) is 0. The van der Waals surface area contributed by atoms with Gasteiger partial charge in [-0.3, -0.25) is 9.98 Å². The fourth-order valence-electron chi connectivity index (χ4n) is 15.1. The van der Waals surface area contributed by atoms with Crippen molar-refractivity contribution in [3.05, 3.63) is 131 Å². The van der Waals surface area contributed by atoms with E-state index in [-0.39, 0.29) is 20.4 Å². The number of benzene rings is 2. The van der Waals surface area contributed by atoms with Crippen LogP contribution in [0.5, 0.6) is 0 Å². The molecule has 2 nitrogen and oxygen atoms in total. The van der Waals surface area contributed by atoms with Gasteiger partial charge in [-0.15, -0.1) is 0 Å². The summed E-state index contributed by atoms with van der Waals surface area (Å²) in [5.74, 6) is 0. The molecule has 0 aliphatic heterocycles. The quantitative estimate of drug-likeness (QED) is 0.0273. The van der Waals surface area contributed by atoms with E-state index in [2.05, 4.69) is 153 Å². The molecule has 0 saturated heterocycles. The van der Waals surface area contributed by atoms with Gasteiger partial charge in [-0.05, 0) is 264 Å². The summed E-state index contributed by atoms with van der Waals surface area (Å²) in [5.41, 5.74) is 14.7. The van der Waals surface area contributed by atoms with Crippen LogP contribution in [0.3, 0.4) is 0 Å². The van der Waals surface area contributed by atoms with E-state index < -0.39 is 0 Å². The van der Waals surface area contributed by atoms with Gasteiger partial charge in [0.15, 0.2) is 0 Å². The molecule has 104 heavy (non-hydrogen) atoms. The van der Waals surface area contributed by atoms with Crippen LogP contribution in [0.2, 0.25) is 0 Å². The van der Waals surface area contributed by atoms with Gasteiger partial charge in [-0.25, -0.2) is 0 Å². The maximum atomic E-state index is 6.24. The summed E-state index contributed by atoms with van der Waals surface area (Å²) >= 11 is 0. The largest absolute Gasteiger partial charge is 2.00 e. The molecule has 0 heterocycles. The van der Waals surface area contributed by atoms with Crippen LogP contribution < -0.4 is 0 Å². The van der Waals surface area contributed by atoms with Crippen molar-refractivity contribution < 1.29 is 20.4 Å². The number of nitrogens with zero attached hydrogens (tertiary/aromatic N) is 2. The van der Waals surface area contributed by atoms with E-state index in [0.29, 0.717) is 0 Å². The molecular weight excluding hydrogens is 1350 g/mol. The second-order valence-corrected chi connectivity index (χ2v) is 31.6. The van der Waals surface area contributed by atoms with Crippen LogP contribution in [0.1, 0.15) is 480 Å². The van der Waals surface area contributed by atoms with Gasteiger partial charge in [0.25, 0.3) is 0 Å². The molecule has 596 valence electrons. The summed E-state index contributed by atoms with van der Waals surface area (Å²) in [6.07, 6.45) is 115. The number of unbranched alkanes of at least 4 members (excludes halogenated alkanes) is 45. The van der Waals surface area contributed by atoms with E-state index in [1.165, 1.54) is 376 Å². The summed E-state index contributed by atoms with van der Waals surface area (Å²) in [5, 5.41) is 0. The van der Waals surface area contributed by atoms with Crippen LogP contribution in [0.25, 0.3) is 0 Å². The summed E-state index contributed by atoms with van der Waals surface area (Å²) in [7, 11) is 0. The first-order valence-corrected chi connectivity index (χ1v) is 46.4. The van der Waals surface area contributed by atoms with E-state index in [0.717, 1.165) is 77.0 Å². The molecule has 2 rings (SSSR count). The SMILES string of the molecule is CCCCC/C=C/CCCc1ccc(/N=C(CCCCCC)/C(CCCCCCCCCCCCCCCCCCCCC)=N/c2ccc(CCC/C=C/CCCCC)c(CCC/C=C/CCCCC)c2CCC/C=C/CCCCC)c(CCC/C=C/CCCCC)c1CCC/C=C/CCCCC.[Pd+2]. The van der Waals surface area contributed by atoms with Crippen LogP contribution in [-0.4, -0.2) is 11.4 Å². The molecule has 0 N–H and O–H groups in total. The number of aliphatic imine (C=N–C) groups is 2. The van der Waals surface area contributed by atoms with Crippen LogP contribution in [0.4, 0.5) is 11.4 Å². The first-order chi connectivity index (χ1) is 51.0. The molecule has 0 aliphatic rings. The molecule has 0 aromatic heterocycles. The average molecular weight is 1520 g/mol. The Bertz CT molecular complexity index is 2440. The Morgan fingerprint density at radius 1 is 0.202 bits per heavy atom. The predicted molar refractivity (Wildman–Crippen MR) is 471 cm³/mol. The van der Waals surface area contributed by atoms with Crippen molar-refractivity contribution in [2.75, 3.05) is 0 Å². The summed E-state index contributed by atoms with van der Waals surface area (Å²) in [6, 6.07) is 10.1. The van der Waals surface area contributed by atoms with E-state index in [1.54, 1.807) is 33.4 Å². The van der Waals surface area contributed by atoms with Crippen molar-refractivity contribution in [2.45, 2.75) is 486 Å². The Morgan fingerprint density at radius 2 is 0.385 bits per heavy atom. The zero-order valence-electron chi connectivity index (χ0n) is 70.8. The Labute approximate surface area is 664 Å². The zero-order chi connectivity index (χ0) is 73.9. The molecule has 2 aromatic carbocycles. The number of hydrogen-bond acceptors (Lipinski definition) is 2. The van der Waals surface area contributed by atoms with Gasteiger partial charge in [0.05, 0.1) is 22.8 Å². The molecule has 0 spiro atoms. The van der Waals surface area contributed by atoms with Crippen LogP contribution >= 0.6 is 0 Å². The summed E-state index contributed by atoms with van der Waals surface area (Å²) in [4.78, 5) is 12.5. The number of allylic oxidation sites excluding steroid dienone is 12. The molecule has 0 fully saturated rings. The van der Waals surface area contributed by atoms with Gasteiger partial charge in [-0.2, -0.15) is 0 Å². The Hall–Kier alpha value is -3.12.